The van der Waals surface area contributed by atoms with Crippen LogP contribution in [0.3, 0.4) is 0 Å². The van der Waals surface area contributed by atoms with E-state index in [1.807, 2.05) is 30.4 Å². The van der Waals surface area contributed by atoms with Gasteiger partial charge in [0, 0.05) is 12.3 Å². The predicted octanol–water partition coefficient (Wildman–Crippen LogP) is 5.25. The van der Waals surface area contributed by atoms with Gasteiger partial charge in [0.1, 0.15) is 0 Å². The summed E-state index contributed by atoms with van der Waals surface area (Å²) < 4.78 is 10.8. The van der Waals surface area contributed by atoms with E-state index in [-0.39, 0.29) is 18.0 Å². The summed E-state index contributed by atoms with van der Waals surface area (Å²) in [6, 6.07) is 18.5. The monoisotopic (exact) mass is 422 g/mol. The van der Waals surface area contributed by atoms with Crippen LogP contribution in [-0.2, 0) is 25.7 Å². The Bertz CT molecular complexity index is 872. The SMILES string of the molecule is COC(=O)CCC=CC[C@H]1[C@@H](OCc2ccc(-c3ccccc3)cc2)CC[C@@H]1C(=O)O. The van der Waals surface area contributed by atoms with Gasteiger partial charge in [0.25, 0.3) is 0 Å². The number of esters is 1. The summed E-state index contributed by atoms with van der Waals surface area (Å²) in [7, 11) is 1.37. The molecular formula is C26H30O5. The van der Waals surface area contributed by atoms with Crippen molar-refractivity contribution in [1.82, 2.24) is 0 Å². The molecule has 0 amide bonds. The van der Waals surface area contributed by atoms with Crippen LogP contribution in [0.15, 0.2) is 66.7 Å². The fraction of sp³-hybridized carbons (Fsp3) is 0.385. The number of methoxy groups -OCH3 is 1. The predicted molar refractivity (Wildman–Crippen MR) is 119 cm³/mol. The second kappa shape index (κ2) is 11.5. The molecule has 0 heterocycles. The Labute approximate surface area is 183 Å². The summed E-state index contributed by atoms with van der Waals surface area (Å²) >= 11 is 0. The van der Waals surface area contributed by atoms with Gasteiger partial charge < -0.3 is 14.6 Å². The summed E-state index contributed by atoms with van der Waals surface area (Å²) in [5.74, 6) is -1.45. The fourth-order valence-corrected chi connectivity index (χ4v) is 4.16. The Balaban J connectivity index is 1.55. The number of carbonyl (C=O) groups excluding carboxylic acids is 1. The van der Waals surface area contributed by atoms with Gasteiger partial charge in [0.15, 0.2) is 0 Å². The first kappa shape index (κ1) is 22.8. The van der Waals surface area contributed by atoms with Gasteiger partial charge in [0.05, 0.1) is 25.7 Å². The van der Waals surface area contributed by atoms with Gasteiger partial charge in [-0.2, -0.15) is 0 Å². The first-order chi connectivity index (χ1) is 15.1. The number of hydrogen-bond donors (Lipinski definition) is 1. The molecule has 31 heavy (non-hydrogen) atoms. The quantitative estimate of drug-likeness (QED) is 0.418. The first-order valence-electron chi connectivity index (χ1n) is 10.8. The van der Waals surface area contributed by atoms with E-state index in [2.05, 4.69) is 41.1 Å². The van der Waals surface area contributed by atoms with Crippen molar-refractivity contribution in [2.24, 2.45) is 11.8 Å². The Morgan fingerprint density at radius 2 is 1.71 bits per heavy atom. The van der Waals surface area contributed by atoms with Gasteiger partial charge in [-0.05, 0) is 42.4 Å². The number of carbonyl (C=O) groups is 2. The highest BCUT2D eigenvalue weighted by Gasteiger charge is 2.40. The van der Waals surface area contributed by atoms with Crippen molar-refractivity contribution < 1.29 is 24.2 Å². The average molecular weight is 423 g/mol. The van der Waals surface area contributed by atoms with Crippen molar-refractivity contribution in [3.05, 3.63) is 72.3 Å². The number of carboxylic acid groups (broad SMARTS) is 1. The molecule has 2 aromatic carbocycles. The van der Waals surface area contributed by atoms with Gasteiger partial charge in [0.2, 0.25) is 0 Å². The molecule has 0 aromatic heterocycles. The normalized spacial score (nSPS) is 20.7. The maximum absolute atomic E-state index is 11.7. The number of aliphatic carboxylic acids is 1. The van der Waals surface area contributed by atoms with Crippen molar-refractivity contribution in [1.29, 1.82) is 0 Å². The number of benzene rings is 2. The van der Waals surface area contributed by atoms with Crippen molar-refractivity contribution in [2.75, 3.05) is 7.11 Å². The molecular weight excluding hydrogens is 392 g/mol. The van der Waals surface area contributed by atoms with E-state index in [4.69, 9.17) is 4.74 Å². The molecule has 0 aliphatic heterocycles. The Morgan fingerprint density at radius 1 is 1.00 bits per heavy atom. The van der Waals surface area contributed by atoms with Crippen molar-refractivity contribution >= 4 is 11.9 Å². The molecule has 0 saturated heterocycles. The van der Waals surface area contributed by atoms with Gasteiger partial charge >= 0.3 is 11.9 Å². The zero-order valence-corrected chi connectivity index (χ0v) is 17.9. The fourth-order valence-electron chi connectivity index (χ4n) is 4.16. The van der Waals surface area contributed by atoms with Crippen molar-refractivity contribution in [3.63, 3.8) is 0 Å². The van der Waals surface area contributed by atoms with Crippen LogP contribution in [0.5, 0.6) is 0 Å². The molecule has 0 spiro atoms. The molecule has 1 aliphatic carbocycles. The van der Waals surface area contributed by atoms with Crippen LogP contribution in [-0.4, -0.2) is 30.3 Å². The molecule has 1 N–H and O–H groups in total. The molecule has 3 atom stereocenters. The van der Waals surface area contributed by atoms with Gasteiger partial charge in [-0.25, -0.2) is 0 Å². The highest BCUT2D eigenvalue weighted by molar-refractivity contribution is 5.71. The Kier molecular flexibility index (Phi) is 8.42. The summed E-state index contributed by atoms with van der Waals surface area (Å²) in [5.41, 5.74) is 3.41. The van der Waals surface area contributed by atoms with E-state index in [1.54, 1.807) is 0 Å². The lowest BCUT2D eigenvalue weighted by Gasteiger charge is -2.22. The second-order valence-electron chi connectivity index (χ2n) is 7.92. The lowest BCUT2D eigenvalue weighted by atomic mass is 9.91. The number of hydrogen-bond acceptors (Lipinski definition) is 4. The zero-order valence-electron chi connectivity index (χ0n) is 17.9. The summed E-state index contributed by atoms with van der Waals surface area (Å²) in [6.45, 7) is 0.467. The van der Waals surface area contributed by atoms with Gasteiger partial charge in [-0.3, -0.25) is 9.59 Å². The number of rotatable bonds is 10. The van der Waals surface area contributed by atoms with E-state index in [0.29, 0.717) is 32.3 Å². The molecule has 5 nitrogen and oxygen atoms in total. The van der Waals surface area contributed by atoms with Crippen LogP contribution >= 0.6 is 0 Å². The Morgan fingerprint density at radius 3 is 2.39 bits per heavy atom. The van der Waals surface area contributed by atoms with Crippen molar-refractivity contribution in [2.45, 2.75) is 44.8 Å². The molecule has 0 bridgehead atoms. The molecule has 1 saturated carbocycles. The maximum Gasteiger partial charge on any atom is 0.306 e. The molecule has 1 aliphatic rings. The topological polar surface area (TPSA) is 72.8 Å². The third-order valence-corrected chi connectivity index (χ3v) is 5.92. The van der Waals surface area contributed by atoms with Crippen LogP contribution in [0.25, 0.3) is 11.1 Å². The standard InChI is InChI=1S/C26H30O5/c1-30-25(27)11-7-3-6-10-22-23(26(28)29)16-17-24(22)31-18-19-12-14-21(15-13-19)20-8-4-2-5-9-20/h2-6,8-9,12-15,22-24H,7,10-11,16-18H2,1H3,(H,28,29)/t22-,23+,24+/m1/s1. The minimum Gasteiger partial charge on any atom is -0.481 e. The molecule has 0 radical (unpaired) electrons. The first-order valence-corrected chi connectivity index (χ1v) is 10.8. The maximum atomic E-state index is 11.7. The number of ether oxygens (including phenoxy) is 2. The van der Waals surface area contributed by atoms with Gasteiger partial charge in [-0.1, -0.05) is 66.7 Å². The molecule has 164 valence electrons. The lowest BCUT2D eigenvalue weighted by molar-refractivity contribution is -0.144. The van der Waals surface area contributed by atoms with E-state index in [1.165, 1.54) is 12.7 Å². The summed E-state index contributed by atoms with van der Waals surface area (Å²) in [4.78, 5) is 22.9. The van der Waals surface area contributed by atoms with Crippen LogP contribution in [0.1, 0.15) is 37.7 Å². The highest BCUT2D eigenvalue weighted by atomic mass is 16.5. The van der Waals surface area contributed by atoms with E-state index in [9.17, 15) is 14.7 Å². The van der Waals surface area contributed by atoms with E-state index >= 15 is 0 Å². The number of carboxylic acids is 1. The minimum atomic E-state index is -0.758. The average Bonchev–Trinajstić information content (AvgIpc) is 3.21. The Hall–Kier alpha value is -2.92. The van der Waals surface area contributed by atoms with Gasteiger partial charge in [-0.15, -0.1) is 0 Å². The zero-order chi connectivity index (χ0) is 22.1. The van der Waals surface area contributed by atoms with Crippen LogP contribution in [0.4, 0.5) is 0 Å². The molecule has 2 aromatic rings. The van der Waals surface area contributed by atoms with Crippen LogP contribution in [0, 0.1) is 11.8 Å². The minimum absolute atomic E-state index is 0.0598. The largest absolute Gasteiger partial charge is 0.481 e. The summed E-state index contributed by atoms with van der Waals surface area (Å²) in [5, 5.41) is 9.59. The highest BCUT2D eigenvalue weighted by Crippen LogP contribution is 2.37. The number of allylic oxidation sites excluding steroid dienone is 2. The van der Waals surface area contributed by atoms with Crippen LogP contribution in [0.2, 0.25) is 0 Å². The molecule has 3 rings (SSSR count). The lowest BCUT2D eigenvalue weighted by Crippen LogP contribution is -2.26. The molecule has 5 heteroatoms. The third kappa shape index (κ3) is 6.53. The smallest absolute Gasteiger partial charge is 0.306 e. The van der Waals surface area contributed by atoms with E-state index in [0.717, 1.165) is 17.5 Å². The molecule has 0 unspecified atom stereocenters. The van der Waals surface area contributed by atoms with E-state index < -0.39 is 11.9 Å². The molecule has 1 fully saturated rings. The van der Waals surface area contributed by atoms with Crippen molar-refractivity contribution in [3.8, 4) is 11.1 Å². The van der Waals surface area contributed by atoms with Crippen LogP contribution < -0.4 is 0 Å². The second-order valence-corrected chi connectivity index (χ2v) is 7.92. The third-order valence-electron chi connectivity index (χ3n) is 5.92. The summed E-state index contributed by atoms with van der Waals surface area (Å²) in [6.07, 6.45) is 6.76.